The van der Waals surface area contributed by atoms with Crippen LogP contribution in [-0.2, 0) is 18.9 Å². The maximum Gasteiger partial charge on any atom is 0.146 e. The Morgan fingerprint density at radius 3 is 1.43 bits per heavy atom. The molecule has 10 nitrogen and oxygen atoms in total. The Balaban J connectivity index is 0.000000213. The largest absolute Gasteiger partial charge is 0.389 e. The van der Waals surface area contributed by atoms with Crippen LogP contribution in [-0.4, -0.2) is 132 Å². The first-order chi connectivity index (χ1) is 26.1. The van der Waals surface area contributed by atoms with Crippen molar-refractivity contribution in [2.75, 3.05) is 40.9 Å². The Hall–Kier alpha value is -2.98. The number of unbranched alkanes of at least 4 members (excludes halogenated alkanes) is 4. The number of hydrogen-bond donors (Lipinski definition) is 4. The summed E-state index contributed by atoms with van der Waals surface area (Å²) in [6.45, 7) is 6.82. The lowest BCUT2D eigenvalue weighted by Gasteiger charge is -2.37. The molecule has 296 valence electrons. The lowest BCUT2D eigenvalue weighted by atomic mass is 9.78. The van der Waals surface area contributed by atoms with Crippen LogP contribution >= 0.6 is 0 Å². The molecule has 2 saturated carbocycles. The van der Waals surface area contributed by atoms with Crippen molar-refractivity contribution >= 4 is 0 Å². The highest BCUT2D eigenvalue weighted by Gasteiger charge is 2.64. The molecule has 4 aliphatic rings. The minimum absolute atomic E-state index is 0.00271. The van der Waals surface area contributed by atoms with Crippen molar-refractivity contribution in [3.8, 4) is 23.7 Å². The van der Waals surface area contributed by atoms with Crippen molar-refractivity contribution in [2.24, 2.45) is 11.8 Å². The number of halogens is 2. The molecule has 0 radical (unpaired) electrons. The number of aliphatic hydroxyl groups excluding tert-OH is 4. The van der Waals surface area contributed by atoms with Crippen LogP contribution in [0, 0.1) is 47.2 Å². The number of fused-ring (bicyclic) bond motifs is 2. The van der Waals surface area contributed by atoms with Crippen molar-refractivity contribution in [1.29, 1.82) is 0 Å². The van der Waals surface area contributed by atoms with Crippen molar-refractivity contribution in [3.05, 3.63) is 71.3 Å². The van der Waals surface area contributed by atoms with Gasteiger partial charge in [-0.1, -0.05) is 37.5 Å². The third-order valence-electron chi connectivity index (χ3n) is 11.2. The number of hydrogen-bond acceptors (Lipinski definition) is 10. The van der Waals surface area contributed by atoms with Gasteiger partial charge in [0.2, 0.25) is 0 Å². The number of likely N-dealkylation sites (tertiary alicyclic amines) is 2. The van der Waals surface area contributed by atoms with Gasteiger partial charge in [0.05, 0.1) is 36.4 Å². The zero-order valence-electron chi connectivity index (χ0n) is 31.7. The zero-order valence-corrected chi connectivity index (χ0v) is 31.7. The third-order valence-corrected chi connectivity index (χ3v) is 11.2. The molecule has 54 heavy (non-hydrogen) atoms. The Morgan fingerprint density at radius 1 is 0.556 bits per heavy atom. The molecule has 2 heterocycles. The van der Waals surface area contributed by atoms with Crippen molar-refractivity contribution in [1.82, 2.24) is 9.80 Å². The number of ether oxygens (including phenoxy) is 4. The van der Waals surface area contributed by atoms with E-state index >= 15 is 0 Å². The van der Waals surface area contributed by atoms with E-state index in [9.17, 15) is 29.2 Å². The first-order valence-electron chi connectivity index (χ1n) is 19.0. The van der Waals surface area contributed by atoms with Crippen LogP contribution < -0.4 is 0 Å². The molecule has 10 unspecified atom stereocenters. The number of aliphatic hydroxyl groups is 4. The summed E-state index contributed by atoms with van der Waals surface area (Å²) in [5.74, 6) is 12.7. The van der Waals surface area contributed by atoms with E-state index in [-0.39, 0.29) is 49.5 Å². The molecule has 14 atom stereocenters. The fourth-order valence-corrected chi connectivity index (χ4v) is 8.08. The molecule has 2 saturated heterocycles. The Bertz CT molecular complexity index is 1560. The molecule has 4 N–H and O–H groups in total. The Morgan fingerprint density at radius 2 is 0.981 bits per heavy atom. The molecule has 2 aliphatic carbocycles. The minimum atomic E-state index is -1.30. The topological polar surface area (TPSA) is 124 Å². The number of benzene rings is 2. The SMILES string of the molecule is COCOC1C(C)C(C)[C@H]2[C@@H](C1OCOC)N2CCCCC#Cc1ccc(F)cc1.OC1C(O)C(O)[C@H]2[C@@H](C1O)N2CCCCC#Cc1ccc(F)cc1. The Labute approximate surface area is 318 Å². The zero-order chi connectivity index (χ0) is 38.8. The molecular weight excluding hydrogens is 698 g/mol. The smallest absolute Gasteiger partial charge is 0.146 e. The second-order valence-electron chi connectivity index (χ2n) is 14.7. The highest BCUT2D eigenvalue weighted by atomic mass is 19.1. The summed E-state index contributed by atoms with van der Waals surface area (Å²) in [5.41, 5.74) is 1.64. The van der Waals surface area contributed by atoms with Gasteiger partial charge < -0.3 is 39.4 Å². The summed E-state index contributed by atoms with van der Waals surface area (Å²) in [4.78, 5) is 4.47. The predicted molar refractivity (Wildman–Crippen MR) is 199 cm³/mol. The van der Waals surface area contributed by atoms with E-state index in [1.165, 1.54) is 24.3 Å². The standard InChI is InChI=1S/C24H34FNO4.C18H22FNO4/c1-17-18(2)23(29-15-27-3)24(30-16-28-4)22-21(17)26(22)14-8-6-5-7-9-19-10-12-20(25)13-11-19;19-12-8-6-11(7-9-12)5-3-1-2-4-10-20-13-14(20)16(22)18(24)17(23)15(13)21/h10-13,17-18,21-24H,5-6,8,14-16H2,1-4H3;6-9,13-18,21-24H,1-2,4,10H2/t17?,18?,21-,22-,23?,24?,26?;13-,14+,15?,16?,17?,18?,20?/m0./s1. The highest BCUT2D eigenvalue weighted by molar-refractivity contribution is 5.34. The maximum atomic E-state index is 12.9. The lowest BCUT2D eigenvalue weighted by Crippen LogP contribution is -2.53. The van der Waals surface area contributed by atoms with Crippen LogP contribution in [0.5, 0.6) is 0 Å². The van der Waals surface area contributed by atoms with E-state index in [1.54, 1.807) is 38.5 Å². The summed E-state index contributed by atoms with van der Waals surface area (Å²) in [5, 5.41) is 39.2. The number of rotatable bonds is 14. The quantitative estimate of drug-likeness (QED) is 0.0987. The summed E-state index contributed by atoms with van der Waals surface area (Å²) in [6.07, 6.45) is 0.746. The molecule has 0 bridgehead atoms. The second kappa shape index (κ2) is 20.3. The average molecular weight is 755 g/mol. The highest BCUT2D eigenvalue weighted by Crippen LogP contribution is 2.49. The van der Waals surface area contributed by atoms with E-state index in [0.29, 0.717) is 36.9 Å². The average Bonchev–Trinajstić information content (AvgIpc) is 4.09. The monoisotopic (exact) mass is 754 g/mol. The van der Waals surface area contributed by atoms with Crippen LogP contribution in [0.3, 0.4) is 0 Å². The number of methoxy groups -OCH3 is 2. The summed E-state index contributed by atoms with van der Waals surface area (Å²) >= 11 is 0. The van der Waals surface area contributed by atoms with Gasteiger partial charge in [-0.25, -0.2) is 8.78 Å². The van der Waals surface area contributed by atoms with Gasteiger partial charge in [-0.05, 0) is 99.1 Å². The molecule has 2 aromatic carbocycles. The first kappa shape index (κ1) is 42.2. The molecule has 6 rings (SSSR count). The van der Waals surface area contributed by atoms with Crippen molar-refractivity contribution in [2.45, 2.75) is 113 Å². The molecule has 0 aromatic heterocycles. The van der Waals surface area contributed by atoms with E-state index in [0.717, 1.165) is 49.8 Å². The van der Waals surface area contributed by atoms with Gasteiger partial charge in [-0.15, -0.1) is 0 Å². The molecule has 12 heteroatoms. The molecule has 2 aliphatic heterocycles. The van der Waals surface area contributed by atoms with Crippen LogP contribution in [0.15, 0.2) is 48.5 Å². The van der Waals surface area contributed by atoms with Gasteiger partial charge in [0.25, 0.3) is 0 Å². The normalized spacial score (nSPS) is 34.5. The second-order valence-corrected chi connectivity index (χ2v) is 14.7. The third kappa shape index (κ3) is 10.7. The van der Waals surface area contributed by atoms with Crippen molar-refractivity contribution < 1.29 is 48.2 Å². The van der Waals surface area contributed by atoms with Gasteiger partial charge in [0.1, 0.15) is 43.5 Å². The van der Waals surface area contributed by atoms with E-state index in [2.05, 4.69) is 42.4 Å². The van der Waals surface area contributed by atoms with Crippen LogP contribution in [0.2, 0.25) is 0 Å². The van der Waals surface area contributed by atoms with Crippen LogP contribution in [0.1, 0.15) is 63.5 Å². The van der Waals surface area contributed by atoms with Gasteiger partial charge >= 0.3 is 0 Å². The van der Waals surface area contributed by atoms with Gasteiger partial charge in [-0.2, -0.15) is 0 Å². The molecular formula is C42H56F2N2O8. The first-order valence-corrected chi connectivity index (χ1v) is 19.0. The molecule has 0 spiro atoms. The Kier molecular flexibility index (Phi) is 15.8. The van der Waals surface area contributed by atoms with Gasteiger partial charge in [0, 0.05) is 44.2 Å². The van der Waals surface area contributed by atoms with Crippen LogP contribution in [0.25, 0.3) is 0 Å². The van der Waals surface area contributed by atoms with E-state index in [1.807, 2.05) is 4.90 Å². The van der Waals surface area contributed by atoms with Crippen LogP contribution in [0.4, 0.5) is 8.78 Å². The fraction of sp³-hybridized carbons (Fsp3) is 0.619. The fourth-order valence-electron chi connectivity index (χ4n) is 8.08. The van der Waals surface area contributed by atoms with E-state index in [4.69, 9.17) is 18.9 Å². The summed E-state index contributed by atoms with van der Waals surface area (Å²) < 4.78 is 48.1. The van der Waals surface area contributed by atoms with Crippen molar-refractivity contribution in [3.63, 3.8) is 0 Å². The van der Waals surface area contributed by atoms with E-state index < -0.39 is 24.4 Å². The summed E-state index contributed by atoms with van der Waals surface area (Å²) in [7, 11) is 3.29. The van der Waals surface area contributed by atoms with Gasteiger partial charge in [-0.3, -0.25) is 9.80 Å². The molecule has 4 fully saturated rings. The molecule has 0 amide bonds. The number of nitrogens with zero attached hydrogens (tertiary/aromatic N) is 2. The summed E-state index contributed by atoms with van der Waals surface area (Å²) in [6, 6.07) is 12.7. The maximum absolute atomic E-state index is 12.9. The molecule has 2 aromatic rings. The van der Waals surface area contributed by atoms with Gasteiger partial charge in [0.15, 0.2) is 0 Å². The predicted octanol–water partition coefficient (Wildman–Crippen LogP) is 3.52. The minimum Gasteiger partial charge on any atom is -0.389 e. The lowest BCUT2D eigenvalue weighted by molar-refractivity contribution is -0.183.